The minimum Gasteiger partial charge on any atom is -0.473 e. The average molecular weight is 533 g/mol. The van der Waals surface area contributed by atoms with Crippen molar-refractivity contribution < 1.29 is 14.3 Å². The molecule has 1 aliphatic rings. The SMILES string of the molecule is CC1CCCN(c2ccc3c(-c4ccc(OCc5ccccc5)nc4OCc4ccccc4)nn(C)c3c2)C1=O. The lowest BCUT2D eigenvalue weighted by molar-refractivity contribution is -0.123. The van der Waals surface area contributed by atoms with E-state index in [2.05, 4.69) is 6.07 Å². The van der Waals surface area contributed by atoms with Crippen molar-refractivity contribution in [2.24, 2.45) is 13.0 Å². The lowest BCUT2D eigenvalue weighted by Crippen LogP contribution is -2.40. The van der Waals surface area contributed by atoms with Crippen molar-refractivity contribution in [2.75, 3.05) is 11.4 Å². The van der Waals surface area contributed by atoms with Gasteiger partial charge in [-0.05, 0) is 48.2 Å². The molecule has 0 spiro atoms. The lowest BCUT2D eigenvalue weighted by atomic mass is 9.98. The van der Waals surface area contributed by atoms with Crippen molar-refractivity contribution >= 4 is 22.5 Å². The van der Waals surface area contributed by atoms with E-state index in [1.165, 1.54) is 0 Å². The predicted molar refractivity (Wildman–Crippen MR) is 156 cm³/mol. The van der Waals surface area contributed by atoms with Crippen LogP contribution in [-0.2, 0) is 25.1 Å². The molecule has 7 heteroatoms. The molecular formula is C33H32N4O3. The fourth-order valence-electron chi connectivity index (χ4n) is 5.18. The van der Waals surface area contributed by atoms with E-state index in [1.54, 1.807) is 0 Å². The molecule has 7 nitrogen and oxygen atoms in total. The number of pyridine rings is 1. The summed E-state index contributed by atoms with van der Waals surface area (Å²) in [4.78, 5) is 19.5. The van der Waals surface area contributed by atoms with E-state index >= 15 is 0 Å². The highest BCUT2D eigenvalue weighted by Gasteiger charge is 2.27. The number of amides is 1. The molecule has 40 heavy (non-hydrogen) atoms. The van der Waals surface area contributed by atoms with Crippen LogP contribution in [0, 0.1) is 5.92 Å². The first-order chi connectivity index (χ1) is 19.6. The van der Waals surface area contributed by atoms with Crippen molar-refractivity contribution in [2.45, 2.75) is 33.0 Å². The molecule has 1 amide bonds. The number of aromatic nitrogens is 3. The van der Waals surface area contributed by atoms with Crippen LogP contribution >= 0.6 is 0 Å². The number of carbonyl (C=O) groups is 1. The Labute approximate surface area is 234 Å². The van der Waals surface area contributed by atoms with Crippen molar-refractivity contribution in [3.63, 3.8) is 0 Å². The van der Waals surface area contributed by atoms with E-state index in [1.807, 2.05) is 108 Å². The first kappa shape index (κ1) is 25.6. The Balaban J connectivity index is 1.35. The van der Waals surface area contributed by atoms with Gasteiger partial charge >= 0.3 is 0 Å². The van der Waals surface area contributed by atoms with E-state index in [9.17, 15) is 4.79 Å². The number of fused-ring (bicyclic) bond motifs is 1. The van der Waals surface area contributed by atoms with Crippen molar-refractivity contribution in [3.8, 4) is 23.0 Å². The maximum atomic E-state index is 12.8. The zero-order valence-electron chi connectivity index (χ0n) is 22.8. The lowest BCUT2D eigenvalue weighted by Gasteiger charge is -2.30. The fourth-order valence-corrected chi connectivity index (χ4v) is 5.18. The number of piperidine rings is 1. The van der Waals surface area contributed by atoms with Crippen LogP contribution in [0.2, 0.25) is 0 Å². The normalized spacial score (nSPS) is 15.4. The van der Waals surface area contributed by atoms with E-state index in [4.69, 9.17) is 19.6 Å². The number of rotatable bonds is 8. The van der Waals surface area contributed by atoms with Gasteiger partial charge in [0.05, 0.1) is 11.1 Å². The molecule has 1 fully saturated rings. The van der Waals surface area contributed by atoms with Crippen LogP contribution in [0.3, 0.4) is 0 Å². The molecule has 0 aliphatic carbocycles. The summed E-state index contributed by atoms with van der Waals surface area (Å²) >= 11 is 0. The number of hydrogen-bond donors (Lipinski definition) is 0. The highest BCUT2D eigenvalue weighted by atomic mass is 16.5. The number of benzene rings is 3. The predicted octanol–water partition coefficient (Wildman–Crippen LogP) is 6.56. The molecule has 3 aromatic carbocycles. The van der Waals surface area contributed by atoms with Crippen LogP contribution in [0.4, 0.5) is 5.69 Å². The summed E-state index contributed by atoms with van der Waals surface area (Å²) < 4.78 is 14.1. The monoisotopic (exact) mass is 532 g/mol. The molecule has 1 saturated heterocycles. The molecule has 3 heterocycles. The number of anilines is 1. The second-order valence-corrected chi connectivity index (χ2v) is 10.3. The highest BCUT2D eigenvalue weighted by molar-refractivity contribution is 6.00. The molecule has 202 valence electrons. The van der Waals surface area contributed by atoms with Crippen LogP contribution in [-0.4, -0.2) is 27.2 Å². The van der Waals surface area contributed by atoms with Crippen LogP contribution in [0.1, 0.15) is 30.9 Å². The smallest absolute Gasteiger partial charge is 0.229 e. The van der Waals surface area contributed by atoms with Gasteiger partial charge in [-0.3, -0.25) is 9.48 Å². The fraction of sp³-hybridized carbons (Fsp3) is 0.242. The Kier molecular flexibility index (Phi) is 7.19. The van der Waals surface area contributed by atoms with E-state index in [0.29, 0.717) is 25.0 Å². The first-order valence-electron chi connectivity index (χ1n) is 13.7. The maximum Gasteiger partial charge on any atom is 0.229 e. The molecule has 0 saturated carbocycles. The van der Waals surface area contributed by atoms with Crippen LogP contribution < -0.4 is 14.4 Å². The summed E-state index contributed by atoms with van der Waals surface area (Å²) in [5, 5.41) is 5.84. The molecule has 0 bridgehead atoms. The summed E-state index contributed by atoms with van der Waals surface area (Å²) in [6.45, 7) is 3.53. The van der Waals surface area contributed by atoms with Crippen molar-refractivity contribution in [1.82, 2.24) is 14.8 Å². The van der Waals surface area contributed by atoms with Gasteiger partial charge in [0.15, 0.2) is 0 Å². The van der Waals surface area contributed by atoms with Crippen LogP contribution in [0.25, 0.3) is 22.2 Å². The number of carbonyl (C=O) groups excluding carboxylic acids is 1. The number of nitrogens with zero attached hydrogens (tertiary/aromatic N) is 4. The molecule has 6 rings (SSSR count). The van der Waals surface area contributed by atoms with Crippen LogP contribution in [0.15, 0.2) is 91.0 Å². The third-order valence-corrected chi connectivity index (χ3v) is 7.39. The Morgan fingerprint density at radius 1 is 0.875 bits per heavy atom. The van der Waals surface area contributed by atoms with Gasteiger partial charge in [0, 0.05) is 36.7 Å². The van der Waals surface area contributed by atoms with Gasteiger partial charge in [-0.2, -0.15) is 10.1 Å². The quantitative estimate of drug-likeness (QED) is 0.226. The third-order valence-electron chi connectivity index (χ3n) is 7.39. The Morgan fingerprint density at radius 3 is 2.30 bits per heavy atom. The van der Waals surface area contributed by atoms with Gasteiger partial charge in [-0.1, -0.05) is 67.6 Å². The summed E-state index contributed by atoms with van der Waals surface area (Å²) in [7, 11) is 1.92. The molecule has 2 aromatic heterocycles. The average Bonchev–Trinajstić information content (AvgIpc) is 3.32. The summed E-state index contributed by atoms with van der Waals surface area (Å²) in [5.74, 6) is 1.17. The maximum absolute atomic E-state index is 12.8. The van der Waals surface area contributed by atoms with Gasteiger partial charge in [-0.25, -0.2) is 0 Å². The van der Waals surface area contributed by atoms with Gasteiger partial charge in [0.2, 0.25) is 17.7 Å². The van der Waals surface area contributed by atoms with E-state index in [0.717, 1.165) is 58.4 Å². The van der Waals surface area contributed by atoms with Crippen molar-refractivity contribution in [3.05, 3.63) is 102 Å². The van der Waals surface area contributed by atoms with E-state index in [-0.39, 0.29) is 11.8 Å². The zero-order valence-corrected chi connectivity index (χ0v) is 22.8. The third kappa shape index (κ3) is 5.27. The van der Waals surface area contributed by atoms with Gasteiger partial charge in [0.25, 0.3) is 0 Å². The molecule has 1 atom stereocenters. The first-order valence-corrected chi connectivity index (χ1v) is 13.7. The molecule has 0 radical (unpaired) electrons. The van der Waals surface area contributed by atoms with Crippen molar-refractivity contribution in [1.29, 1.82) is 0 Å². The standard InChI is InChI=1S/C33H32N4O3/c1-23-10-9-19-37(33(23)38)26-15-16-27-29(20-26)36(2)35-31(27)28-17-18-30(39-21-24-11-5-3-6-12-24)34-32(28)40-22-25-13-7-4-8-14-25/h3-8,11-18,20,23H,9-10,19,21-22H2,1-2H3. The molecule has 1 unspecified atom stereocenters. The van der Waals surface area contributed by atoms with E-state index < -0.39 is 0 Å². The minimum atomic E-state index is 0.0459. The zero-order chi connectivity index (χ0) is 27.5. The second kappa shape index (κ2) is 11.2. The van der Waals surface area contributed by atoms with Gasteiger partial charge < -0.3 is 14.4 Å². The molecular weight excluding hydrogens is 500 g/mol. The molecule has 0 N–H and O–H groups in total. The van der Waals surface area contributed by atoms with Gasteiger partial charge in [-0.15, -0.1) is 0 Å². The highest BCUT2D eigenvalue weighted by Crippen LogP contribution is 2.37. The number of hydrogen-bond acceptors (Lipinski definition) is 5. The van der Waals surface area contributed by atoms with Crippen LogP contribution in [0.5, 0.6) is 11.8 Å². The summed E-state index contributed by atoms with van der Waals surface area (Å²) in [6.07, 6.45) is 1.95. The Morgan fingerprint density at radius 2 is 1.57 bits per heavy atom. The summed E-state index contributed by atoms with van der Waals surface area (Å²) in [6, 6.07) is 29.9. The molecule has 1 aliphatic heterocycles. The number of aryl methyl sites for hydroxylation is 1. The summed E-state index contributed by atoms with van der Waals surface area (Å²) in [5.41, 5.74) is 5.51. The minimum absolute atomic E-state index is 0.0459. The Bertz CT molecular complexity index is 1630. The number of ether oxygens (including phenoxy) is 2. The largest absolute Gasteiger partial charge is 0.473 e. The second-order valence-electron chi connectivity index (χ2n) is 10.3. The Hall–Kier alpha value is -4.65. The van der Waals surface area contributed by atoms with Gasteiger partial charge in [0.1, 0.15) is 18.9 Å². The topological polar surface area (TPSA) is 69.5 Å². The molecule has 5 aromatic rings.